The molecule has 3 heterocycles. The summed E-state index contributed by atoms with van der Waals surface area (Å²) in [6, 6.07) is 3.64. The summed E-state index contributed by atoms with van der Waals surface area (Å²) in [6.45, 7) is 4.00. The molecule has 0 aromatic carbocycles. The Bertz CT molecular complexity index is 719. The van der Waals surface area contributed by atoms with E-state index >= 15 is 0 Å². The maximum atomic E-state index is 12.3. The number of hydrogen-bond donors (Lipinski definition) is 3. The zero-order chi connectivity index (χ0) is 16.9. The molecule has 2 amide bonds. The largest absolute Gasteiger partial charge is 0.351 e. The third-order valence-corrected chi connectivity index (χ3v) is 6.04. The Hall–Kier alpha value is -1.77. The van der Waals surface area contributed by atoms with Gasteiger partial charge in [0.1, 0.15) is 0 Å². The van der Waals surface area contributed by atoms with Gasteiger partial charge in [-0.05, 0) is 44.0 Å². The molecule has 1 saturated heterocycles. The molecular weight excluding hydrogens is 344 g/mol. The molecule has 2 aromatic heterocycles. The van der Waals surface area contributed by atoms with Crippen LogP contribution >= 0.6 is 22.7 Å². The summed E-state index contributed by atoms with van der Waals surface area (Å²) in [5, 5.41) is 9.60. The van der Waals surface area contributed by atoms with Crippen molar-refractivity contribution >= 4 is 39.6 Å². The number of nitrogens with zero attached hydrogens (tertiary/aromatic N) is 1. The number of nitrogens with one attached hydrogen (secondary N) is 3. The summed E-state index contributed by atoms with van der Waals surface area (Å²) >= 11 is 2.94. The van der Waals surface area contributed by atoms with Gasteiger partial charge in [-0.2, -0.15) is 0 Å². The van der Waals surface area contributed by atoms with Crippen LogP contribution in [0.3, 0.4) is 0 Å². The summed E-state index contributed by atoms with van der Waals surface area (Å²) in [4.78, 5) is 30.4. The predicted molar refractivity (Wildman–Crippen MR) is 96.8 cm³/mol. The zero-order valence-corrected chi connectivity index (χ0v) is 15.1. The lowest BCUT2D eigenvalue weighted by atomic mass is 9.97. The Kier molecular flexibility index (Phi) is 5.60. The fraction of sp³-hybridized carbons (Fsp3) is 0.438. The summed E-state index contributed by atoms with van der Waals surface area (Å²) < 4.78 is 0. The number of aromatic nitrogens is 1. The molecule has 1 fully saturated rings. The minimum absolute atomic E-state index is 0.0809. The predicted octanol–water partition coefficient (Wildman–Crippen LogP) is 2.56. The minimum Gasteiger partial charge on any atom is -0.351 e. The first kappa shape index (κ1) is 17.1. The molecule has 24 heavy (non-hydrogen) atoms. The number of amides is 2. The van der Waals surface area contributed by atoms with Gasteiger partial charge in [-0.3, -0.25) is 14.9 Å². The van der Waals surface area contributed by atoms with Crippen molar-refractivity contribution in [3.63, 3.8) is 0 Å². The highest BCUT2D eigenvalue weighted by molar-refractivity contribution is 7.16. The Morgan fingerprint density at radius 2 is 2.08 bits per heavy atom. The minimum atomic E-state index is -0.153. The highest BCUT2D eigenvalue weighted by atomic mass is 32.1. The molecule has 0 bridgehead atoms. The molecule has 0 atom stereocenters. The lowest BCUT2D eigenvalue weighted by molar-refractivity contribution is -0.119. The second-order valence-electron chi connectivity index (χ2n) is 5.72. The van der Waals surface area contributed by atoms with E-state index in [1.807, 2.05) is 12.3 Å². The molecule has 0 saturated carbocycles. The van der Waals surface area contributed by atoms with Crippen LogP contribution in [0.4, 0.5) is 5.13 Å². The van der Waals surface area contributed by atoms with Crippen LogP contribution in [0.25, 0.3) is 0 Å². The van der Waals surface area contributed by atoms with E-state index < -0.39 is 0 Å². The Morgan fingerprint density at radius 1 is 1.29 bits per heavy atom. The van der Waals surface area contributed by atoms with Crippen LogP contribution in [0.5, 0.6) is 0 Å². The molecule has 2 aromatic rings. The number of thiazole rings is 1. The molecule has 1 aliphatic heterocycles. The third kappa shape index (κ3) is 4.40. The van der Waals surface area contributed by atoms with E-state index in [-0.39, 0.29) is 11.8 Å². The molecule has 0 radical (unpaired) electrons. The summed E-state index contributed by atoms with van der Waals surface area (Å²) in [6.07, 6.45) is 4.12. The molecule has 8 heteroatoms. The average Bonchev–Trinajstić information content (AvgIpc) is 3.23. The maximum absolute atomic E-state index is 12.3. The smallest absolute Gasteiger partial charge is 0.267 e. The topological polar surface area (TPSA) is 83.1 Å². The molecular formula is C16H20N4O2S2. The van der Waals surface area contributed by atoms with E-state index in [1.54, 1.807) is 17.4 Å². The highest BCUT2D eigenvalue weighted by Gasteiger charge is 2.19. The standard InChI is InChI=1S/C16H20N4O2S2/c1-10(21)18-8-12-2-3-13(23-12)15(22)20-16-19-9-14(24-16)11-4-6-17-7-5-11/h2-3,9,11,17H,4-8H2,1H3,(H,18,21)(H,19,20,22). The summed E-state index contributed by atoms with van der Waals surface area (Å²) in [5.41, 5.74) is 0. The second-order valence-corrected chi connectivity index (χ2v) is 7.95. The maximum Gasteiger partial charge on any atom is 0.267 e. The van der Waals surface area contributed by atoms with Crippen molar-refractivity contribution in [3.8, 4) is 0 Å². The average molecular weight is 364 g/mol. The monoisotopic (exact) mass is 364 g/mol. The number of anilines is 1. The molecule has 0 aliphatic carbocycles. The van der Waals surface area contributed by atoms with Crippen molar-refractivity contribution in [3.05, 3.63) is 33.0 Å². The van der Waals surface area contributed by atoms with Crippen molar-refractivity contribution < 1.29 is 9.59 Å². The molecule has 0 unspecified atom stereocenters. The van der Waals surface area contributed by atoms with Crippen molar-refractivity contribution in [1.82, 2.24) is 15.6 Å². The third-order valence-electron chi connectivity index (χ3n) is 3.88. The lowest BCUT2D eigenvalue weighted by Crippen LogP contribution is -2.26. The fourth-order valence-corrected chi connectivity index (χ4v) is 4.43. The number of rotatable bonds is 5. The molecule has 0 spiro atoms. The van der Waals surface area contributed by atoms with Crippen molar-refractivity contribution in [1.29, 1.82) is 0 Å². The van der Waals surface area contributed by atoms with Crippen LogP contribution in [0.2, 0.25) is 0 Å². The van der Waals surface area contributed by atoms with Crippen LogP contribution in [0.1, 0.15) is 45.1 Å². The fourth-order valence-electron chi connectivity index (χ4n) is 2.60. The van der Waals surface area contributed by atoms with Crippen LogP contribution in [-0.2, 0) is 11.3 Å². The van der Waals surface area contributed by atoms with Crippen molar-refractivity contribution in [2.24, 2.45) is 0 Å². The number of piperidine rings is 1. The van der Waals surface area contributed by atoms with E-state index in [2.05, 4.69) is 20.9 Å². The summed E-state index contributed by atoms with van der Waals surface area (Å²) in [7, 11) is 0. The number of carbonyl (C=O) groups is 2. The van der Waals surface area contributed by atoms with Gasteiger partial charge in [0.2, 0.25) is 5.91 Å². The van der Waals surface area contributed by atoms with E-state index in [9.17, 15) is 9.59 Å². The van der Waals surface area contributed by atoms with Gasteiger partial charge in [-0.25, -0.2) is 4.98 Å². The number of carbonyl (C=O) groups excluding carboxylic acids is 2. The van der Waals surface area contributed by atoms with Gasteiger partial charge in [-0.15, -0.1) is 22.7 Å². The van der Waals surface area contributed by atoms with Gasteiger partial charge in [0, 0.05) is 22.9 Å². The van der Waals surface area contributed by atoms with Crippen molar-refractivity contribution in [2.75, 3.05) is 18.4 Å². The molecule has 1 aliphatic rings. The van der Waals surface area contributed by atoms with Crippen molar-refractivity contribution in [2.45, 2.75) is 32.2 Å². The summed E-state index contributed by atoms with van der Waals surface area (Å²) in [5.74, 6) is 0.309. The first-order chi connectivity index (χ1) is 11.6. The van der Waals surface area contributed by atoms with E-state index in [0.29, 0.717) is 22.5 Å². The lowest BCUT2D eigenvalue weighted by Gasteiger charge is -2.20. The molecule has 128 valence electrons. The van der Waals surface area contributed by atoms with Crippen LogP contribution in [-0.4, -0.2) is 29.9 Å². The van der Waals surface area contributed by atoms with E-state index in [4.69, 9.17) is 0 Å². The SMILES string of the molecule is CC(=O)NCc1ccc(C(=O)Nc2ncc(C3CCNCC3)s2)s1. The van der Waals surface area contributed by atoms with E-state index in [0.717, 1.165) is 30.8 Å². The molecule has 3 rings (SSSR count). The van der Waals surface area contributed by atoms with Gasteiger partial charge in [0.15, 0.2) is 5.13 Å². The quantitative estimate of drug-likeness (QED) is 0.761. The first-order valence-electron chi connectivity index (χ1n) is 7.93. The molecule has 3 N–H and O–H groups in total. The van der Waals surface area contributed by atoms with Gasteiger partial charge < -0.3 is 10.6 Å². The highest BCUT2D eigenvalue weighted by Crippen LogP contribution is 2.32. The Labute approximate surface area is 148 Å². The Balaban J connectivity index is 1.58. The van der Waals surface area contributed by atoms with Crippen LogP contribution in [0, 0.1) is 0 Å². The second kappa shape index (κ2) is 7.87. The van der Waals surface area contributed by atoms with Gasteiger partial charge in [-0.1, -0.05) is 0 Å². The van der Waals surface area contributed by atoms with Crippen LogP contribution in [0.15, 0.2) is 18.3 Å². The zero-order valence-electron chi connectivity index (χ0n) is 13.4. The van der Waals surface area contributed by atoms with Gasteiger partial charge >= 0.3 is 0 Å². The van der Waals surface area contributed by atoms with Crippen LogP contribution < -0.4 is 16.0 Å². The van der Waals surface area contributed by atoms with E-state index in [1.165, 1.54) is 23.1 Å². The number of thiophene rings is 1. The number of hydrogen-bond acceptors (Lipinski definition) is 6. The first-order valence-corrected chi connectivity index (χ1v) is 9.56. The normalized spacial score (nSPS) is 15.2. The van der Waals surface area contributed by atoms with Gasteiger partial charge in [0.05, 0.1) is 11.4 Å². The van der Waals surface area contributed by atoms with Gasteiger partial charge in [0.25, 0.3) is 5.91 Å². The Morgan fingerprint density at radius 3 is 2.83 bits per heavy atom. The molecule has 6 nitrogen and oxygen atoms in total.